The van der Waals surface area contributed by atoms with E-state index in [0.717, 1.165) is 29.9 Å². The molecule has 0 aliphatic carbocycles. The van der Waals surface area contributed by atoms with Gasteiger partial charge in [0.2, 0.25) is 6.10 Å². The molecular formula is C24H23N3O4S2. The van der Waals surface area contributed by atoms with E-state index in [9.17, 15) is 4.79 Å². The van der Waals surface area contributed by atoms with Crippen LogP contribution in [0.1, 0.15) is 38.6 Å². The van der Waals surface area contributed by atoms with Crippen LogP contribution in [-0.4, -0.2) is 32.9 Å². The Balaban J connectivity index is 1.20. The Kier molecular flexibility index (Phi) is 6.24. The van der Waals surface area contributed by atoms with Crippen molar-refractivity contribution in [3.05, 3.63) is 75.6 Å². The van der Waals surface area contributed by atoms with Crippen LogP contribution in [0.3, 0.4) is 0 Å². The lowest BCUT2D eigenvalue weighted by Gasteiger charge is -2.23. The van der Waals surface area contributed by atoms with Gasteiger partial charge in [-0.05, 0) is 49.9 Å². The summed E-state index contributed by atoms with van der Waals surface area (Å²) in [6.45, 7) is 5.19. The fourth-order valence-electron chi connectivity index (χ4n) is 3.86. The normalized spacial score (nSPS) is 15.0. The number of fused-ring (bicyclic) bond motifs is 1. The summed E-state index contributed by atoms with van der Waals surface area (Å²) in [7, 11) is 0. The van der Waals surface area contributed by atoms with Crippen LogP contribution in [0.5, 0.6) is 11.5 Å². The molecule has 33 heavy (non-hydrogen) atoms. The second-order valence-electron chi connectivity index (χ2n) is 7.75. The summed E-state index contributed by atoms with van der Waals surface area (Å²) in [5.41, 5.74) is 2.83. The first-order valence-corrected chi connectivity index (χ1v) is 12.5. The molecular weight excluding hydrogens is 458 g/mol. The van der Waals surface area contributed by atoms with Gasteiger partial charge in [-0.15, -0.1) is 21.5 Å². The maximum Gasteiger partial charge on any atom is 0.277 e. The number of hydrogen-bond acceptors (Lipinski definition) is 8. The first-order valence-electron chi connectivity index (χ1n) is 10.7. The minimum Gasteiger partial charge on any atom is -0.485 e. The average molecular weight is 482 g/mol. The van der Waals surface area contributed by atoms with E-state index in [4.69, 9.17) is 13.9 Å². The molecule has 0 radical (unpaired) electrons. The molecule has 0 bridgehead atoms. The number of Topliss-reactive ketones (excluding diaryl/α,β-unsaturated/α-hetero) is 1. The molecule has 1 aliphatic heterocycles. The topological polar surface area (TPSA) is 79.4 Å². The second kappa shape index (κ2) is 9.44. The van der Waals surface area contributed by atoms with Gasteiger partial charge in [0.25, 0.3) is 11.1 Å². The van der Waals surface area contributed by atoms with Crippen molar-refractivity contribution in [3.8, 4) is 11.5 Å². The van der Waals surface area contributed by atoms with Crippen molar-refractivity contribution in [2.45, 2.75) is 38.1 Å². The first kappa shape index (κ1) is 21.8. The van der Waals surface area contributed by atoms with E-state index in [1.807, 2.05) is 44.2 Å². The molecule has 1 aromatic carbocycles. The number of rotatable bonds is 8. The van der Waals surface area contributed by atoms with Gasteiger partial charge in [0.15, 0.2) is 17.3 Å². The molecule has 5 rings (SSSR count). The van der Waals surface area contributed by atoms with Gasteiger partial charge in [-0.2, -0.15) is 0 Å². The minimum atomic E-state index is -0.472. The third kappa shape index (κ3) is 4.69. The zero-order valence-electron chi connectivity index (χ0n) is 18.3. The van der Waals surface area contributed by atoms with Gasteiger partial charge in [-0.3, -0.25) is 4.79 Å². The number of ether oxygens (including phenoxy) is 2. The van der Waals surface area contributed by atoms with Crippen molar-refractivity contribution in [2.75, 3.05) is 12.4 Å². The van der Waals surface area contributed by atoms with E-state index < -0.39 is 6.10 Å². The van der Waals surface area contributed by atoms with Gasteiger partial charge in [0, 0.05) is 28.4 Å². The molecule has 0 saturated heterocycles. The number of hydrogen-bond donors (Lipinski definition) is 0. The first-order chi connectivity index (χ1) is 16.1. The van der Waals surface area contributed by atoms with Crippen LogP contribution in [0.15, 0.2) is 57.5 Å². The summed E-state index contributed by atoms with van der Waals surface area (Å²) in [6, 6.07) is 13.6. The number of carbonyl (C=O) groups is 1. The van der Waals surface area contributed by atoms with Crippen molar-refractivity contribution < 1.29 is 18.7 Å². The number of aromatic nitrogens is 3. The van der Waals surface area contributed by atoms with E-state index >= 15 is 0 Å². The molecule has 0 amide bonds. The van der Waals surface area contributed by atoms with Crippen molar-refractivity contribution in [1.29, 1.82) is 0 Å². The number of para-hydroxylation sites is 2. The van der Waals surface area contributed by atoms with Crippen LogP contribution in [-0.2, 0) is 13.0 Å². The zero-order chi connectivity index (χ0) is 22.8. The van der Waals surface area contributed by atoms with Gasteiger partial charge in [0.05, 0.1) is 5.75 Å². The van der Waals surface area contributed by atoms with E-state index in [1.54, 1.807) is 11.3 Å². The fourth-order valence-corrected chi connectivity index (χ4v) is 5.21. The number of thioether (sulfide) groups is 1. The van der Waals surface area contributed by atoms with Gasteiger partial charge >= 0.3 is 0 Å². The Morgan fingerprint density at radius 1 is 1.18 bits per heavy atom. The van der Waals surface area contributed by atoms with Crippen LogP contribution < -0.4 is 9.47 Å². The third-order valence-corrected chi connectivity index (χ3v) is 7.32. The fraction of sp³-hybridized carbons (Fsp3) is 0.292. The third-order valence-electron chi connectivity index (χ3n) is 5.57. The van der Waals surface area contributed by atoms with Crippen molar-refractivity contribution in [3.63, 3.8) is 0 Å². The molecule has 0 N–H and O–H groups in total. The summed E-state index contributed by atoms with van der Waals surface area (Å²) in [5.74, 6) is 1.95. The molecule has 9 heteroatoms. The Bertz CT molecular complexity index is 1260. The molecule has 3 aromatic heterocycles. The number of benzene rings is 1. The highest BCUT2D eigenvalue weighted by atomic mass is 32.2. The van der Waals surface area contributed by atoms with Gasteiger partial charge in [0.1, 0.15) is 6.61 Å². The van der Waals surface area contributed by atoms with Crippen LogP contribution in [0.2, 0.25) is 0 Å². The molecule has 1 atom stereocenters. The van der Waals surface area contributed by atoms with E-state index in [0.29, 0.717) is 29.2 Å². The molecule has 4 aromatic rings. The van der Waals surface area contributed by atoms with Gasteiger partial charge in [-0.1, -0.05) is 30.0 Å². The summed E-state index contributed by atoms with van der Waals surface area (Å²) < 4.78 is 19.6. The quantitative estimate of drug-likeness (QED) is 0.250. The lowest BCUT2D eigenvalue weighted by Crippen LogP contribution is -2.21. The number of aryl methyl sites for hydroxylation is 2. The lowest BCUT2D eigenvalue weighted by molar-refractivity contribution is 0.0686. The maximum absolute atomic E-state index is 12.9. The highest BCUT2D eigenvalue weighted by Gasteiger charge is 2.27. The molecule has 0 spiro atoms. The Morgan fingerprint density at radius 3 is 2.85 bits per heavy atom. The van der Waals surface area contributed by atoms with Crippen LogP contribution >= 0.6 is 23.1 Å². The lowest BCUT2D eigenvalue weighted by atomic mass is 10.2. The van der Waals surface area contributed by atoms with Crippen LogP contribution in [0.25, 0.3) is 0 Å². The number of carbonyl (C=O) groups excluding carboxylic acids is 1. The highest BCUT2D eigenvalue weighted by Crippen LogP contribution is 2.36. The monoisotopic (exact) mass is 481 g/mol. The van der Waals surface area contributed by atoms with Crippen molar-refractivity contribution >= 4 is 28.9 Å². The molecule has 0 saturated carbocycles. The second-order valence-corrected chi connectivity index (χ2v) is 9.71. The smallest absolute Gasteiger partial charge is 0.277 e. The molecule has 1 aliphatic rings. The summed E-state index contributed by atoms with van der Waals surface area (Å²) in [6.07, 6.45) is 0.484. The number of ketones is 1. The van der Waals surface area contributed by atoms with Crippen molar-refractivity contribution in [2.24, 2.45) is 0 Å². The average Bonchev–Trinajstić information content (AvgIpc) is 3.57. The predicted octanol–water partition coefficient (Wildman–Crippen LogP) is 5.28. The van der Waals surface area contributed by atoms with Crippen LogP contribution in [0, 0.1) is 13.8 Å². The molecule has 1 unspecified atom stereocenters. The zero-order valence-corrected chi connectivity index (χ0v) is 19.9. The summed E-state index contributed by atoms with van der Waals surface area (Å²) >= 11 is 2.99. The Morgan fingerprint density at radius 2 is 2.03 bits per heavy atom. The van der Waals surface area contributed by atoms with E-state index in [2.05, 4.69) is 32.3 Å². The molecule has 7 nitrogen and oxygen atoms in total. The van der Waals surface area contributed by atoms with Gasteiger partial charge in [-0.25, -0.2) is 0 Å². The van der Waals surface area contributed by atoms with Crippen molar-refractivity contribution in [1.82, 2.24) is 14.8 Å². The Labute approximate surface area is 199 Å². The van der Waals surface area contributed by atoms with Gasteiger partial charge < -0.3 is 18.5 Å². The van der Waals surface area contributed by atoms with E-state index in [1.165, 1.54) is 16.6 Å². The van der Waals surface area contributed by atoms with Crippen LogP contribution in [0.4, 0.5) is 0 Å². The summed E-state index contributed by atoms with van der Waals surface area (Å²) in [4.78, 5) is 14.3. The number of nitrogens with zero attached hydrogens (tertiary/aromatic N) is 3. The maximum atomic E-state index is 12.9. The summed E-state index contributed by atoms with van der Waals surface area (Å²) in [5, 5.41) is 10.6. The molecule has 0 fully saturated rings. The highest BCUT2D eigenvalue weighted by molar-refractivity contribution is 7.99. The standard InChI is InChI=1S/C24H23N3O4S2/c1-15-12-18(16(2)27(15)10-9-17-6-5-11-32-17)19(28)14-33-24-26-25-23(31-24)22-13-29-20-7-3-4-8-21(20)30-22/h3-8,11-12,22H,9-10,13-14H2,1-2H3. The number of thiophene rings is 1. The van der Waals surface area contributed by atoms with E-state index in [-0.39, 0.29) is 11.5 Å². The minimum absolute atomic E-state index is 0.0430. The Hall–Kier alpha value is -3.04. The predicted molar refractivity (Wildman–Crippen MR) is 127 cm³/mol. The molecule has 4 heterocycles. The SMILES string of the molecule is Cc1cc(C(=O)CSc2nnc(C3COc4ccccc4O3)o2)c(C)n1CCc1cccs1. The molecule has 170 valence electrons. The largest absolute Gasteiger partial charge is 0.485 e.